The molecule has 1 aliphatic heterocycles. The highest BCUT2D eigenvalue weighted by Crippen LogP contribution is 2.32. The van der Waals surface area contributed by atoms with Crippen LogP contribution in [0.25, 0.3) is 11.0 Å². The Morgan fingerprint density at radius 3 is 2.67 bits per heavy atom. The van der Waals surface area contributed by atoms with Crippen LogP contribution >= 0.6 is 0 Å². The lowest BCUT2D eigenvalue weighted by Gasteiger charge is -2.22. The van der Waals surface area contributed by atoms with Crippen molar-refractivity contribution < 1.29 is 23.6 Å². The maximum atomic E-state index is 12.4. The number of carbonyl (C=O) groups is 2. The van der Waals surface area contributed by atoms with Gasteiger partial charge in [-0.25, -0.2) is 9.59 Å². The Bertz CT molecular complexity index is 891. The van der Waals surface area contributed by atoms with E-state index < -0.39 is 11.9 Å². The number of allylic oxidation sites excluding steroid dienone is 2. The Kier molecular flexibility index (Phi) is 4.15. The predicted octanol–water partition coefficient (Wildman–Crippen LogP) is 2.32. The van der Waals surface area contributed by atoms with Gasteiger partial charge in [-0.2, -0.15) is 0 Å². The molecule has 0 atom stereocenters. The summed E-state index contributed by atoms with van der Waals surface area (Å²) in [6.45, 7) is 0. The van der Waals surface area contributed by atoms with Crippen LogP contribution in [0.4, 0.5) is 5.69 Å². The zero-order valence-corrected chi connectivity index (χ0v) is 13.1. The largest absolute Gasteiger partial charge is 0.465 e. The Morgan fingerprint density at radius 2 is 1.92 bits per heavy atom. The number of para-hydroxylation sites is 1. The highest BCUT2D eigenvalue weighted by molar-refractivity contribution is 6.07. The van der Waals surface area contributed by atoms with Crippen LogP contribution in [0.1, 0.15) is 0 Å². The fourth-order valence-corrected chi connectivity index (χ4v) is 2.42. The summed E-state index contributed by atoms with van der Waals surface area (Å²) < 4.78 is 14.9. The van der Waals surface area contributed by atoms with E-state index in [4.69, 9.17) is 14.0 Å². The molecule has 0 spiro atoms. The van der Waals surface area contributed by atoms with Gasteiger partial charge in [-0.15, -0.1) is 0 Å². The normalized spacial score (nSPS) is 14.0. The van der Waals surface area contributed by atoms with Crippen molar-refractivity contribution in [2.45, 2.75) is 0 Å². The maximum Gasteiger partial charge on any atom is 0.355 e. The van der Waals surface area contributed by atoms with Gasteiger partial charge in [-0.1, -0.05) is 17.3 Å². The van der Waals surface area contributed by atoms with E-state index in [1.54, 1.807) is 36.7 Å². The fourth-order valence-electron chi connectivity index (χ4n) is 2.42. The number of methoxy groups -OCH3 is 2. The van der Waals surface area contributed by atoms with Crippen molar-refractivity contribution >= 4 is 28.6 Å². The van der Waals surface area contributed by atoms with Crippen LogP contribution in [0.3, 0.4) is 0 Å². The van der Waals surface area contributed by atoms with Crippen molar-refractivity contribution in [3.05, 3.63) is 60.1 Å². The molecule has 7 nitrogen and oxygen atoms in total. The Balaban J connectivity index is 2.26. The monoisotopic (exact) mass is 326 g/mol. The van der Waals surface area contributed by atoms with Crippen LogP contribution in [0.2, 0.25) is 0 Å². The molecule has 24 heavy (non-hydrogen) atoms. The Labute approximate surface area is 137 Å². The standard InChI is InChI=1S/C17H14N2O5/c1-22-16(20)12-7-3-4-9-19(14(12)17(21)23-2)13-8-5-6-11-10-18-24-15(11)13/h3-10H,1-2H3. The summed E-state index contributed by atoms with van der Waals surface area (Å²) in [6.07, 6.45) is 8.02. The van der Waals surface area contributed by atoms with Crippen molar-refractivity contribution in [1.29, 1.82) is 0 Å². The Morgan fingerprint density at radius 1 is 1.12 bits per heavy atom. The fraction of sp³-hybridized carbons (Fsp3) is 0.118. The number of benzene rings is 1. The molecule has 0 radical (unpaired) electrons. The second-order valence-electron chi connectivity index (χ2n) is 4.84. The molecular weight excluding hydrogens is 312 g/mol. The third-order valence-electron chi connectivity index (χ3n) is 3.51. The number of hydrogen-bond donors (Lipinski definition) is 0. The third kappa shape index (κ3) is 2.56. The van der Waals surface area contributed by atoms with Crippen molar-refractivity contribution in [3.8, 4) is 0 Å². The first-order valence-electron chi connectivity index (χ1n) is 7.05. The first kappa shape index (κ1) is 15.5. The van der Waals surface area contributed by atoms with E-state index >= 15 is 0 Å². The summed E-state index contributed by atoms with van der Waals surface area (Å²) >= 11 is 0. The summed E-state index contributed by atoms with van der Waals surface area (Å²) in [5, 5.41) is 4.54. The number of fused-ring (bicyclic) bond motifs is 1. The molecule has 2 heterocycles. The van der Waals surface area contributed by atoms with E-state index in [9.17, 15) is 9.59 Å². The molecule has 2 aromatic rings. The molecular formula is C17H14N2O5. The minimum atomic E-state index is -0.678. The lowest BCUT2D eigenvalue weighted by Crippen LogP contribution is -2.27. The molecule has 1 aromatic heterocycles. The van der Waals surface area contributed by atoms with E-state index in [-0.39, 0.29) is 11.3 Å². The van der Waals surface area contributed by atoms with E-state index in [1.807, 2.05) is 6.07 Å². The van der Waals surface area contributed by atoms with Gasteiger partial charge in [0.25, 0.3) is 0 Å². The van der Waals surface area contributed by atoms with Crippen LogP contribution < -0.4 is 4.90 Å². The van der Waals surface area contributed by atoms with Crippen LogP contribution in [-0.4, -0.2) is 31.3 Å². The van der Waals surface area contributed by atoms with E-state index in [2.05, 4.69) is 5.16 Å². The first-order valence-corrected chi connectivity index (χ1v) is 7.05. The molecule has 0 aliphatic carbocycles. The molecule has 0 bridgehead atoms. The van der Waals surface area contributed by atoms with Gasteiger partial charge in [-0.05, 0) is 24.3 Å². The number of nitrogens with zero attached hydrogens (tertiary/aromatic N) is 2. The molecule has 0 saturated carbocycles. The van der Waals surface area contributed by atoms with Crippen molar-refractivity contribution in [1.82, 2.24) is 5.16 Å². The second kappa shape index (κ2) is 6.41. The van der Waals surface area contributed by atoms with Gasteiger partial charge in [-0.3, -0.25) is 0 Å². The molecule has 1 aliphatic rings. The maximum absolute atomic E-state index is 12.4. The molecule has 122 valence electrons. The molecule has 0 saturated heterocycles. The highest BCUT2D eigenvalue weighted by Gasteiger charge is 2.28. The quantitative estimate of drug-likeness (QED) is 0.801. The highest BCUT2D eigenvalue weighted by atomic mass is 16.5. The summed E-state index contributed by atoms with van der Waals surface area (Å²) in [4.78, 5) is 26.0. The van der Waals surface area contributed by atoms with Gasteiger partial charge in [0.2, 0.25) is 0 Å². The summed E-state index contributed by atoms with van der Waals surface area (Å²) in [5.41, 5.74) is 1.13. The number of carbonyl (C=O) groups excluding carboxylic acids is 2. The lowest BCUT2D eigenvalue weighted by molar-refractivity contribution is -0.139. The topological polar surface area (TPSA) is 81.9 Å². The lowest BCUT2D eigenvalue weighted by atomic mass is 10.1. The predicted molar refractivity (Wildman–Crippen MR) is 85.8 cm³/mol. The summed E-state index contributed by atoms with van der Waals surface area (Å²) in [5.74, 6) is -1.33. The van der Waals surface area contributed by atoms with E-state index in [0.717, 1.165) is 5.39 Å². The number of anilines is 1. The summed E-state index contributed by atoms with van der Waals surface area (Å²) in [6, 6.07) is 5.38. The number of aromatic nitrogens is 1. The molecule has 0 unspecified atom stereocenters. The van der Waals surface area contributed by atoms with Gasteiger partial charge in [0.1, 0.15) is 5.70 Å². The minimum Gasteiger partial charge on any atom is -0.465 e. The average Bonchev–Trinajstić information content (AvgIpc) is 2.99. The Hall–Kier alpha value is -3.35. The third-order valence-corrected chi connectivity index (χ3v) is 3.51. The summed E-state index contributed by atoms with van der Waals surface area (Å²) in [7, 11) is 2.49. The van der Waals surface area contributed by atoms with Crippen LogP contribution in [-0.2, 0) is 19.1 Å². The molecule has 0 fully saturated rings. The SMILES string of the molecule is COC(=O)C1=C(C(=O)OC)N(c2cccc3cnoc23)C=CC=C1. The molecule has 3 rings (SSSR count). The van der Waals surface area contributed by atoms with Crippen LogP contribution in [0, 0.1) is 0 Å². The average molecular weight is 326 g/mol. The molecule has 7 heteroatoms. The van der Waals surface area contributed by atoms with Crippen LogP contribution in [0.5, 0.6) is 0 Å². The number of hydrogen-bond acceptors (Lipinski definition) is 7. The number of ether oxygens (including phenoxy) is 2. The van der Waals surface area contributed by atoms with Crippen molar-refractivity contribution in [2.75, 3.05) is 19.1 Å². The van der Waals surface area contributed by atoms with Gasteiger partial charge in [0.05, 0.1) is 31.7 Å². The minimum absolute atomic E-state index is 0.0262. The van der Waals surface area contributed by atoms with Crippen molar-refractivity contribution in [2.24, 2.45) is 0 Å². The van der Waals surface area contributed by atoms with Gasteiger partial charge in [0.15, 0.2) is 5.58 Å². The molecule has 0 N–H and O–H groups in total. The zero-order chi connectivity index (χ0) is 17.1. The van der Waals surface area contributed by atoms with Crippen molar-refractivity contribution in [3.63, 3.8) is 0 Å². The molecule has 0 amide bonds. The van der Waals surface area contributed by atoms with Gasteiger partial charge in [0, 0.05) is 11.6 Å². The smallest absolute Gasteiger partial charge is 0.355 e. The number of esters is 2. The molecule has 1 aromatic carbocycles. The number of rotatable bonds is 3. The first-order chi connectivity index (χ1) is 11.7. The van der Waals surface area contributed by atoms with E-state index in [1.165, 1.54) is 25.2 Å². The zero-order valence-electron chi connectivity index (χ0n) is 13.1. The second-order valence-corrected chi connectivity index (χ2v) is 4.84. The van der Waals surface area contributed by atoms with Gasteiger partial charge < -0.3 is 18.9 Å². The van der Waals surface area contributed by atoms with Crippen LogP contribution in [0.15, 0.2) is 64.6 Å². The van der Waals surface area contributed by atoms with E-state index in [0.29, 0.717) is 11.3 Å². The van der Waals surface area contributed by atoms with Gasteiger partial charge >= 0.3 is 11.9 Å².